The van der Waals surface area contributed by atoms with E-state index in [-0.39, 0.29) is 11.3 Å². The van der Waals surface area contributed by atoms with E-state index in [4.69, 9.17) is 4.74 Å². The average Bonchev–Trinajstić information content (AvgIpc) is 2.83. The number of hydrogen-bond acceptors (Lipinski definition) is 5. The van der Waals surface area contributed by atoms with Gasteiger partial charge in [0.15, 0.2) is 0 Å². The fraction of sp³-hybridized carbons (Fsp3) is 0.500. The Labute approximate surface area is 141 Å². The van der Waals surface area contributed by atoms with Crippen molar-refractivity contribution in [3.05, 3.63) is 30.1 Å². The maximum atomic E-state index is 13.0. The summed E-state index contributed by atoms with van der Waals surface area (Å²) in [4.78, 5) is 23.5. The van der Waals surface area contributed by atoms with Gasteiger partial charge in [-0.3, -0.25) is 4.79 Å². The van der Waals surface area contributed by atoms with Crippen LogP contribution in [0.25, 0.3) is 10.9 Å². The lowest BCUT2D eigenvalue weighted by molar-refractivity contribution is 0.0104. The van der Waals surface area contributed by atoms with Crippen LogP contribution in [0, 0.1) is 5.41 Å². The van der Waals surface area contributed by atoms with Gasteiger partial charge in [0.2, 0.25) is 0 Å². The smallest absolute Gasteiger partial charge is 0.254 e. The summed E-state index contributed by atoms with van der Waals surface area (Å²) in [6, 6.07) is 5.65. The summed E-state index contributed by atoms with van der Waals surface area (Å²) in [5.41, 5.74) is 1.65. The highest BCUT2D eigenvalue weighted by molar-refractivity contribution is 5.99. The van der Waals surface area contributed by atoms with Crippen molar-refractivity contribution in [1.82, 2.24) is 14.9 Å². The fourth-order valence-electron chi connectivity index (χ4n) is 3.72. The number of carbonyl (C=O) groups is 1. The lowest BCUT2D eigenvalue weighted by Crippen LogP contribution is -2.45. The summed E-state index contributed by atoms with van der Waals surface area (Å²) in [7, 11) is 1.83. The molecule has 1 aliphatic carbocycles. The SMILES string of the molecule is CNc1ncnc2cc(C(=O)N3CCOCC4(CCC4)C3)ccc12. The lowest BCUT2D eigenvalue weighted by atomic mass is 9.69. The van der Waals surface area contributed by atoms with E-state index in [0.29, 0.717) is 18.7 Å². The summed E-state index contributed by atoms with van der Waals surface area (Å²) in [5, 5.41) is 3.98. The molecule has 4 rings (SSSR count). The second kappa shape index (κ2) is 6.02. The molecule has 2 heterocycles. The zero-order valence-corrected chi connectivity index (χ0v) is 13.9. The van der Waals surface area contributed by atoms with E-state index in [1.807, 2.05) is 30.1 Å². The fourth-order valence-corrected chi connectivity index (χ4v) is 3.72. The number of nitrogens with one attached hydrogen (secondary N) is 1. The number of fused-ring (bicyclic) bond motifs is 1. The molecule has 1 aromatic heterocycles. The highest BCUT2D eigenvalue weighted by Gasteiger charge is 2.41. The van der Waals surface area contributed by atoms with Crippen LogP contribution in [0.4, 0.5) is 5.82 Å². The molecule has 1 amide bonds. The molecule has 1 aromatic carbocycles. The van der Waals surface area contributed by atoms with E-state index in [9.17, 15) is 4.79 Å². The quantitative estimate of drug-likeness (QED) is 0.917. The van der Waals surface area contributed by atoms with Gasteiger partial charge in [0.05, 0.1) is 18.7 Å². The first-order chi connectivity index (χ1) is 11.7. The van der Waals surface area contributed by atoms with Crippen molar-refractivity contribution in [2.75, 3.05) is 38.7 Å². The summed E-state index contributed by atoms with van der Waals surface area (Å²) in [5.74, 6) is 0.842. The van der Waals surface area contributed by atoms with Gasteiger partial charge in [0.25, 0.3) is 5.91 Å². The first kappa shape index (κ1) is 15.3. The number of hydrogen-bond donors (Lipinski definition) is 1. The van der Waals surface area contributed by atoms with Crippen LogP contribution in [0.2, 0.25) is 0 Å². The minimum atomic E-state index is 0.0679. The molecule has 0 radical (unpaired) electrons. The number of benzene rings is 1. The van der Waals surface area contributed by atoms with Crippen LogP contribution in [-0.4, -0.2) is 54.1 Å². The van der Waals surface area contributed by atoms with Crippen LogP contribution in [0.15, 0.2) is 24.5 Å². The Hall–Kier alpha value is -2.21. The minimum absolute atomic E-state index is 0.0679. The van der Waals surface area contributed by atoms with E-state index in [2.05, 4.69) is 15.3 Å². The Kier molecular flexibility index (Phi) is 3.84. The first-order valence-electron chi connectivity index (χ1n) is 8.50. The van der Waals surface area contributed by atoms with Gasteiger partial charge in [-0.1, -0.05) is 6.42 Å². The van der Waals surface area contributed by atoms with E-state index >= 15 is 0 Å². The normalized spacial score (nSPS) is 19.8. The van der Waals surface area contributed by atoms with Crippen molar-refractivity contribution >= 4 is 22.6 Å². The van der Waals surface area contributed by atoms with Crippen molar-refractivity contribution in [2.24, 2.45) is 5.41 Å². The number of carbonyl (C=O) groups excluding carboxylic acids is 1. The second-order valence-corrected chi connectivity index (χ2v) is 6.84. The largest absolute Gasteiger partial charge is 0.379 e. The molecule has 2 aromatic rings. The molecule has 6 nitrogen and oxygen atoms in total. The summed E-state index contributed by atoms with van der Waals surface area (Å²) in [6.07, 6.45) is 5.08. The van der Waals surface area contributed by atoms with Gasteiger partial charge in [-0.25, -0.2) is 9.97 Å². The molecule has 1 saturated heterocycles. The first-order valence-corrected chi connectivity index (χ1v) is 8.50. The third-order valence-electron chi connectivity index (χ3n) is 5.26. The van der Waals surface area contributed by atoms with E-state index < -0.39 is 0 Å². The van der Waals surface area contributed by atoms with E-state index in [1.165, 1.54) is 12.7 Å². The number of ether oxygens (including phenoxy) is 1. The molecule has 2 fully saturated rings. The van der Waals surface area contributed by atoms with Crippen LogP contribution in [0.3, 0.4) is 0 Å². The van der Waals surface area contributed by atoms with Crippen molar-refractivity contribution in [3.8, 4) is 0 Å². The number of nitrogens with zero attached hydrogens (tertiary/aromatic N) is 3. The molecule has 6 heteroatoms. The number of rotatable bonds is 2. The molecule has 0 unspecified atom stereocenters. The predicted octanol–water partition coefficient (Wildman–Crippen LogP) is 2.31. The maximum Gasteiger partial charge on any atom is 0.254 e. The van der Waals surface area contributed by atoms with E-state index in [0.717, 1.165) is 42.7 Å². The summed E-state index contributed by atoms with van der Waals surface area (Å²) < 4.78 is 5.75. The Bertz CT molecular complexity index is 773. The molecule has 1 spiro atoms. The van der Waals surface area contributed by atoms with Crippen LogP contribution >= 0.6 is 0 Å². The Morgan fingerprint density at radius 2 is 2.21 bits per heavy atom. The monoisotopic (exact) mass is 326 g/mol. The van der Waals surface area contributed by atoms with Crippen LogP contribution in [-0.2, 0) is 4.74 Å². The molecule has 1 aliphatic heterocycles. The van der Waals surface area contributed by atoms with Gasteiger partial charge in [-0.05, 0) is 31.0 Å². The van der Waals surface area contributed by atoms with Crippen LogP contribution in [0.5, 0.6) is 0 Å². The maximum absolute atomic E-state index is 13.0. The van der Waals surface area contributed by atoms with Crippen molar-refractivity contribution in [1.29, 1.82) is 0 Å². The number of amides is 1. The predicted molar refractivity (Wildman–Crippen MR) is 92.1 cm³/mol. The van der Waals surface area contributed by atoms with Gasteiger partial charge in [-0.15, -0.1) is 0 Å². The molecule has 1 N–H and O–H groups in total. The molecule has 0 atom stereocenters. The van der Waals surface area contributed by atoms with Gasteiger partial charge in [0.1, 0.15) is 12.1 Å². The van der Waals surface area contributed by atoms with Crippen LogP contribution in [0.1, 0.15) is 29.6 Å². The summed E-state index contributed by atoms with van der Waals surface area (Å²) >= 11 is 0. The van der Waals surface area contributed by atoms with Crippen LogP contribution < -0.4 is 5.32 Å². The minimum Gasteiger partial charge on any atom is -0.379 e. The molecular formula is C18H22N4O2. The zero-order valence-electron chi connectivity index (χ0n) is 13.9. The second-order valence-electron chi connectivity index (χ2n) is 6.84. The number of aromatic nitrogens is 2. The Morgan fingerprint density at radius 1 is 1.33 bits per heavy atom. The van der Waals surface area contributed by atoms with E-state index in [1.54, 1.807) is 0 Å². The van der Waals surface area contributed by atoms with Crippen molar-refractivity contribution in [3.63, 3.8) is 0 Å². The molecule has 24 heavy (non-hydrogen) atoms. The molecule has 1 saturated carbocycles. The Morgan fingerprint density at radius 3 is 2.96 bits per heavy atom. The third-order valence-corrected chi connectivity index (χ3v) is 5.26. The molecular weight excluding hydrogens is 304 g/mol. The number of anilines is 1. The van der Waals surface area contributed by atoms with Gasteiger partial charge in [0, 0.05) is 36.5 Å². The molecule has 126 valence electrons. The Balaban J connectivity index is 1.62. The van der Waals surface area contributed by atoms with Crippen molar-refractivity contribution < 1.29 is 9.53 Å². The van der Waals surface area contributed by atoms with Gasteiger partial charge < -0.3 is 15.0 Å². The third kappa shape index (κ3) is 2.60. The van der Waals surface area contributed by atoms with Crippen molar-refractivity contribution in [2.45, 2.75) is 19.3 Å². The zero-order chi connectivity index (χ0) is 16.6. The lowest BCUT2D eigenvalue weighted by Gasteiger charge is -2.42. The highest BCUT2D eigenvalue weighted by atomic mass is 16.5. The molecule has 2 aliphatic rings. The topological polar surface area (TPSA) is 67.4 Å². The molecule has 0 bridgehead atoms. The average molecular weight is 326 g/mol. The van der Waals surface area contributed by atoms with Gasteiger partial charge in [-0.2, -0.15) is 0 Å². The highest BCUT2D eigenvalue weighted by Crippen LogP contribution is 2.42. The summed E-state index contributed by atoms with van der Waals surface area (Å²) in [6.45, 7) is 2.86. The van der Waals surface area contributed by atoms with Gasteiger partial charge >= 0.3 is 0 Å². The standard InChI is InChI=1S/C18H22N4O2/c1-19-16-14-4-3-13(9-15(14)20-12-21-16)17(23)22-7-8-24-11-18(10-22)5-2-6-18/h3-4,9,12H,2,5-8,10-11H2,1H3,(H,19,20,21).